The van der Waals surface area contributed by atoms with E-state index in [1.807, 2.05) is 6.07 Å². The van der Waals surface area contributed by atoms with Crippen molar-refractivity contribution in [3.05, 3.63) is 34.7 Å². The average Bonchev–Trinajstić information content (AvgIpc) is 2.23. The molecule has 1 aromatic carbocycles. The topological polar surface area (TPSA) is 48.7 Å². The highest BCUT2D eigenvalue weighted by Gasteiger charge is 2.21. The van der Waals surface area contributed by atoms with Crippen LogP contribution in [0.3, 0.4) is 0 Å². The molecule has 0 saturated heterocycles. The molecule has 2 aromatic rings. The zero-order valence-electron chi connectivity index (χ0n) is 13.4. The highest BCUT2D eigenvalue weighted by atomic mass is 28.4. The highest BCUT2D eigenvalue weighted by molar-refractivity contribution is 6.71. The minimum Gasteiger partial charge on any atom is -0.544 e. The Bertz CT molecular complexity index is 708. The van der Waals surface area contributed by atoms with Crippen molar-refractivity contribution in [2.45, 2.75) is 39.3 Å². The summed E-state index contributed by atoms with van der Waals surface area (Å²) in [5, 5.41) is 0.806. The summed E-state index contributed by atoms with van der Waals surface area (Å²) in [6.45, 7) is 12.7. The van der Waals surface area contributed by atoms with E-state index < -0.39 is 16.6 Å². The molecule has 114 valence electrons. The Morgan fingerprint density at radius 1 is 0.905 bits per heavy atom. The predicted octanol–water partition coefficient (Wildman–Crippen LogP) is 4.22. The molecule has 0 N–H and O–H groups in total. The fourth-order valence-corrected chi connectivity index (χ4v) is 3.60. The van der Waals surface area contributed by atoms with Crippen molar-refractivity contribution < 1.29 is 13.3 Å². The number of benzene rings is 1. The molecule has 4 nitrogen and oxygen atoms in total. The Labute approximate surface area is 127 Å². The normalized spacial score (nSPS) is 12.5. The van der Waals surface area contributed by atoms with Crippen molar-refractivity contribution in [3.63, 3.8) is 0 Å². The van der Waals surface area contributed by atoms with Crippen LogP contribution >= 0.6 is 0 Å². The van der Waals surface area contributed by atoms with Crippen molar-refractivity contribution in [2.24, 2.45) is 0 Å². The van der Waals surface area contributed by atoms with Crippen molar-refractivity contribution in [3.8, 4) is 11.5 Å². The zero-order valence-corrected chi connectivity index (χ0v) is 15.4. The van der Waals surface area contributed by atoms with E-state index in [4.69, 9.17) is 13.3 Å². The van der Waals surface area contributed by atoms with Crippen LogP contribution in [0.25, 0.3) is 11.0 Å². The summed E-state index contributed by atoms with van der Waals surface area (Å²) in [6, 6.07) is 6.83. The molecule has 0 atom stereocenters. The molecule has 0 fully saturated rings. The lowest BCUT2D eigenvalue weighted by Crippen LogP contribution is -2.30. The first kappa shape index (κ1) is 15.8. The third-order valence-electron chi connectivity index (χ3n) is 2.51. The van der Waals surface area contributed by atoms with Gasteiger partial charge in [-0.2, -0.15) is 0 Å². The van der Waals surface area contributed by atoms with E-state index in [2.05, 4.69) is 39.3 Å². The molecule has 0 unspecified atom stereocenters. The van der Waals surface area contributed by atoms with Gasteiger partial charge in [0.15, 0.2) is 0 Å². The van der Waals surface area contributed by atoms with E-state index in [0.717, 1.165) is 11.1 Å². The second-order valence-corrected chi connectivity index (χ2v) is 15.9. The monoisotopic (exact) mass is 322 g/mol. The van der Waals surface area contributed by atoms with Gasteiger partial charge in [0.2, 0.25) is 16.6 Å². The van der Waals surface area contributed by atoms with E-state index in [9.17, 15) is 4.79 Å². The maximum atomic E-state index is 11.4. The predicted molar refractivity (Wildman–Crippen MR) is 90.4 cm³/mol. The first-order valence-electron chi connectivity index (χ1n) is 6.99. The van der Waals surface area contributed by atoms with Gasteiger partial charge in [-0.05, 0) is 45.3 Å². The molecular weight excluding hydrogens is 300 g/mol. The number of fused-ring (bicyclic) bond motifs is 1. The van der Waals surface area contributed by atoms with Crippen molar-refractivity contribution >= 4 is 27.6 Å². The van der Waals surface area contributed by atoms with Crippen molar-refractivity contribution in [2.75, 3.05) is 0 Å². The average molecular weight is 323 g/mol. The summed E-state index contributed by atoms with van der Waals surface area (Å²) < 4.78 is 17.4. The highest BCUT2D eigenvalue weighted by Crippen LogP contribution is 2.33. The summed E-state index contributed by atoms with van der Waals surface area (Å²) in [4.78, 5) is 11.4. The van der Waals surface area contributed by atoms with Gasteiger partial charge >= 0.3 is 5.63 Å². The molecule has 0 bridgehead atoms. The summed E-state index contributed by atoms with van der Waals surface area (Å²) in [5.74, 6) is 1.42. The fourth-order valence-electron chi connectivity index (χ4n) is 1.95. The minimum absolute atomic E-state index is 0.369. The Balaban J connectivity index is 2.60. The van der Waals surface area contributed by atoms with Gasteiger partial charge in [-0.25, -0.2) is 4.79 Å². The van der Waals surface area contributed by atoms with E-state index in [1.54, 1.807) is 12.1 Å². The van der Waals surface area contributed by atoms with Crippen LogP contribution in [0.2, 0.25) is 39.3 Å². The number of rotatable bonds is 4. The number of hydrogen-bond acceptors (Lipinski definition) is 4. The van der Waals surface area contributed by atoms with Gasteiger partial charge in [0.05, 0.1) is 5.39 Å². The van der Waals surface area contributed by atoms with E-state index in [-0.39, 0.29) is 5.63 Å². The molecule has 0 amide bonds. The Kier molecular flexibility index (Phi) is 4.03. The van der Waals surface area contributed by atoms with E-state index >= 15 is 0 Å². The first-order chi connectivity index (χ1) is 9.53. The van der Waals surface area contributed by atoms with Crippen molar-refractivity contribution in [1.82, 2.24) is 0 Å². The summed E-state index contributed by atoms with van der Waals surface area (Å²) in [7, 11) is -3.52. The molecule has 0 aliphatic rings. The Hall–Kier alpha value is -1.54. The largest absolute Gasteiger partial charge is 0.544 e. The van der Waals surface area contributed by atoms with Crippen molar-refractivity contribution in [1.29, 1.82) is 0 Å². The van der Waals surface area contributed by atoms with E-state index in [1.165, 1.54) is 6.07 Å². The molecule has 0 aliphatic heterocycles. The third-order valence-corrected chi connectivity index (χ3v) is 4.19. The van der Waals surface area contributed by atoms with Crippen LogP contribution in [-0.4, -0.2) is 16.6 Å². The summed E-state index contributed by atoms with van der Waals surface area (Å²) in [6.07, 6.45) is 0. The lowest BCUT2D eigenvalue weighted by Gasteiger charge is -2.23. The second-order valence-electron chi connectivity index (χ2n) is 7.02. The Morgan fingerprint density at radius 2 is 1.52 bits per heavy atom. The molecule has 21 heavy (non-hydrogen) atoms. The van der Waals surface area contributed by atoms with Gasteiger partial charge in [-0.1, -0.05) is 0 Å². The molecule has 2 rings (SSSR count). The van der Waals surface area contributed by atoms with Crippen LogP contribution in [0.5, 0.6) is 11.5 Å². The molecule has 0 radical (unpaired) electrons. The third kappa shape index (κ3) is 4.47. The maximum Gasteiger partial charge on any atom is 0.336 e. The fraction of sp³-hybridized carbons (Fsp3) is 0.400. The van der Waals surface area contributed by atoms with Gasteiger partial charge < -0.3 is 13.3 Å². The lowest BCUT2D eigenvalue weighted by molar-refractivity contribution is 0.524. The van der Waals surface area contributed by atoms with Crippen LogP contribution in [-0.2, 0) is 0 Å². The van der Waals surface area contributed by atoms with Crippen LogP contribution in [0.15, 0.2) is 33.5 Å². The van der Waals surface area contributed by atoms with Crippen LogP contribution in [0.4, 0.5) is 0 Å². The molecule has 0 spiro atoms. The molecule has 1 aromatic heterocycles. The summed E-state index contributed by atoms with van der Waals surface area (Å²) >= 11 is 0. The lowest BCUT2D eigenvalue weighted by atomic mass is 10.2. The van der Waals surface area contributed by atoms with Gasteiger partial charge in [-0.3, -0.25) is 0 Å². The Morgan fingerprint density at radius 3 is 2.10 bits per heavy atom. The van der Waals surface area contributed by atoms with Gasteiger partial charge in [0.1, 0.15) is 17.1 Å². The molecular formula is C15H22O4Si2. The van der Waals surface area contributed by atoms with Gasteiger partial charge in [-0.15, -0.1) is 0 Å². The van der Waals surface area contributed by atoms with Gasteiger partial charge in [0.25, 0.3) is 0 Å². The SMILES string of the molecule is C[Si](C)(C)Oc1cc(O[Si](C)(C)C)c2ccc(=O)oc2c1. The van der Waals surface area contributed by atoms with E-state index in [0.29, 0.717) is 11.3 Å². The summed E-state index contributed by atoms with van der Waals surface area (Å²) in [5.41, 5.74) is 0.137. The quantitative estimate of drug-likeness (QED) is 0.624. The minimum atomic E-state index is -1.77. The maximum absolute atomic E-state index is 11.4. The molecule has 0 saturated carbocycles. The molecule has 0 aliphatic carbocycles. The smallest absolute Gasteiger partial charge is 0.336 e. The molecule has 6 heteroatoms. The van der Waals surface area contributed by atoms with Gasteiger partial charge in [0, 0.05) is 18.2 Å². The van der Waals surface area contributed by atoms with Crippen LogP contribution in [0.1, 0.15) is 0 Å². The standard InChI is InChI=1S/C15H22O4Si2/c1-20(2,3)18-11-9-13-12(7-8-15(16)17-13)14(10-11)19-21(4,5)6/h7-10H,1-6H3. The zero-order chi connectivity index (χ0) is 15.8. The second kappa shape index (κ2) is 5.34. The van der Waals surface area contributed by atoms with Crippen LogP contribution < -0.4 is 14.5 Å². The number of hydrogen-bond donors (Lipinski definition) is 0. The first-order valence-corrected chi connectivity index (χ1v) is 13.8. The molecule has 1 heterocycles. The van der Waals surface area contributed by atoms with Crippen LogP contribution in [0, 0.1) is 0 Å².